The molecular weight excluding hydrogens is 178 g/mol. The van der Waals surface area contributed by atoms with Gasteiger partial charge in [0, 0.05) is 13.5 Å². The van der Waals surface area contributed by atoms with Crippen LogP contribution in [0.2, 0.25) is 0 Å². The topological polar surface area (TPSA) is 52.5 Å². The first-order valence-electron chi connectivity index (χ1n) is 4.99. The predicted molar refractivity (Wildman–Crippen MR) is 54.2 cm³/mol. The number of hydrogen-bond donors (Lipinski definition) is 0. The van der Waals surface area contributed by atoms with E-state index in [-0.39, 0.29) is 11.7 Å². The molecule has 0 aromatic rings. The second-order valence-corrected chi connectivity index (χ2v) is 3.70. The molecule has 0 atom stereocenters. The quantitative estimate of drug-likeness (QED) is 0.501. The monoisotopic (exact) mass is 194 g/mol. The Morgan fingerprint density at radius 1 is 1.43 bits per heavy atom. The van der Waals surface area contributed by atoms with E-state index in [4.69, 9.17) is 0 Å². The summed E-state index contributed by atoms with van der Waals surface area (Å²) < 4.78 is 0. The molecule has 78 valence electrons. The Morgan fingerprint density at radius 2 is 2.07 bits per heavy atom. The first kappa shape index (κ1) is 11.0. The van der Waals surface area contributed by atoms with Crippen LogP contribution in [-0.2, 0) is 4.79 Å². The van der Waals surface area contributed by atoms with Crippen LogP contribution in [0.25, 0.3) is 0 Å². The third-order valence-corrected chi connectivity index (χ3v) is 2.51. The maximum Gasteiger partial charge on any atom is 0.133 e. The standard InChI is InChI=1S/C11H17NO2/c1-8(13)7-9-5-3-4-6-10(9)11(14)12-2/h3-7H2,1-2H3,(H,12,14)/p-1. The molecular formula is C11H16NO2-. The summed E-state index contributed by atoms with van der Waals surface area (Å²) in [6.07, 6.45) is 4.23. The largest absolute Gasteiger partial charge is 0.859 e. The summed E-state index contributed by atoms with van der Waals surface area (Å²) in [5.41, 5.74) is 1.80. The van der Waals surface area contributed by atoms with Gasteiger partial charge in [-0.3, -0.25) is 4.79 Å². The minimum absolute atomic E-state index is 0.128. The van der Waals surface area contributed by atoms with Crippen molar-refractivity contribution in [3.63, 3.8) is 0 Å². The van der Waals surface area contributed by atoms with Gasteiger partial charge in [-0.25, -0.2) is 0 Å². The van der Waals surface area contributed by atoms with Crippen LogP contribution in [0.4, 0.5) is 0 Å². The summed E-state index contributed by atoms with van der Waals surface area (Å²) in [6, 6.07) is 0. The summed E-state index contributed by atoms with van der Waals surface area (Å²) in [5.74, 6) is -0.00995. The first-order valence-corrected chi connectivity index (χ1v) is 4.99. The zero-order valence-corrected chi connectivity index (χ0v) is 8.80. The van der Waals surface area contributed by atoms with Gasteiger partial charge in [-0.1, -0.05) is 5.57 Å². The number of nitrogens with zero attached hydrogens (tertiary/aromatic N) is 1. The van der Waals surface area contributed by atoms with Gasteiger partial charge < -0.3 is 10.1 Å². The number of hydrogen-bond acceptors (Lipinski definition) is 3. The van der Waals surface area contributed by atoms with Crippen molar-refractivity contribution in [2.24, 2.45) is 4.99 Å². The Labute approximate surface area is 84.5 Å². The predicted octanol–water partition coefficient (Wildman–Crippen LogP) is 1.22. The van der Waals surface area contributed by atoms with E-state index < -0.39 is 0 Å². The van der Waals surface area contributed by atoms with E-state index in [0.29, 0.717) is 6.42 Å². The molecule has 0 fully saturated rings. The van der Waals surface area contributed by atoms with Gasteiger partial charge >= 0.3 is 0 Å². The lowest BCUT2D eigenvalue weighted by Crippen LogP contribution is -2.23. The first-order chi connectivity index (χ1) is 6.65. The van der Waals surface area contributed by atoms with Crippen molar-refractivity contribution in [1.29, 1.82) is 0 Å². The van der Waals surface area contributed by atoms with Crippen LogP contribution >= 0.6 is 0 Å². The molecule has 1 rings (SSSR count). The number of Topliss-reactive ketones (excluding diaryl/α,β-unsaturated/α-hetero) is 1. The van der Waals surface area contributed by atoms with Gasteiger partial charge in [-0.15, -0.1) is 0 Å². The fraction of sp³-hybridized carbons (Fsp3) is 0.636. The molecule has 0 aliphatic heterocycles. The lowest BCUT2D eigenvalue weighted by Gasteiger charge is -2.23. The van der Waals surface area contributed by atoms with Crippen LogP contribution in [0.5, 0.6) is 0 Å². The summed E-state index contributed by atoms with van der Waals surface area (Å²) in [7, 11) is 1.51. The molecule has 0 saturated heterocycles. The van der Waals surface area contributed by atoms with Gasteiger partial charge in [0.1, 0.15) is 5.78 Å². The number of carbonyl (C=O) groups excluding carboxylic acids is 1. The van der Waals surface area contributed by atoms with Crippen LogP contribution < -0.4 is 5.11 Å². The van der Waals surface area contributed by atoms with Crippen LogP contribution in [0.3, 0.4) is 0 Å². The smallest absolute Gasteiger partial charge is 0.133 e. The Bertz CT molecular complexity index is 290. The maximum atomic E-state index is 11.4. The fourth-order valence-corrected chi connectivity index (χ4v) is 1.86. The third kappa shape index (κ3) is 2.69. The number of aliphatic imine (C=N–C) groups is 1. The Hall–Kier alpha value is -1.12. The van der Waals surface area contributed by atoms with Crippen LogP contribution in [0.15, 0.2) is 16.1 Å². The summed E-state index contributed by atoms with van der Waals surface area (Å²) in [6.45, 7) is 1.56. The molecule has 0 aromatic carbocycles. The highest BCUT2D eigenvalue weighted by Gasteiger charge is 2.13. The molecule has 3 nitrogen and oxygen atoms in total. The Balaban J connectivity index is 2.90. The number of carbonyl (C=O) groups is 1. The van der Waals surface area contributed by atoms with E-state index in [0.717, 1.165) is 36.8 Å². The van der Waals surface area contributed by atoms with Crippen molar-refractivity contribution in [1.82, 2.24) is 0 Å². The molecule has 0 amide bonds. The normalized spacial score (nSPS) is 18.6. The number of rotatable bonds is 3. The average molecular weight is 194 g/mol. The molecule has 0 unspecified atom stereocenters. The molecule has 0 spiro atoms. The maximum absolute atomic E-state index is 11.4. The van der Waals surface area contributed by atoms with Crippen molar-refractivity contribution >= 4 is 11.7 Å². The van der Waals surface area contributed by atoms with Crippen molar-refractivity contribution < 1.29 is 9.90 Å². The van der Waals surface area contributed by atoms with Gasteiger partial charge in [-0.05, 0) is 44.1 Å². The number of allylic oxidation sites excluding steroid dienone is 1. The molecule has 0 radical (unpaired) electrons. The van der Waals surface area contributed by atoms with Gasteiger partial charge in [0.15, 0.2) is 0 Å². The summed E-state index contributed by atoms with van der Waals surface area (Å²) >= 11 is 0. The SMILES string of the molecule is CN=C([O-])C1=C(CC(C)=O)CCCC1. The highest BCUT2D eigenvalue weighted by Crippen LogP contribution is 2.27. The van der Waals surface area contributed by atoms with Gasteiger partial charge in [0.25, 0.3) is 0 Å². The van der Waals surface area contributed by atoms with Gasteiger partial charge in [0.05, 0.1) is 0 Å². The minimum Gasteiger partial charge on any atom is -0.859 e. The second kappa shape index (κ2) is 4.94. The van der Waals surface area contributed by atoms with Crippen molar-refractivity contribution in [2.45, 2.75) is 39.0 Å². The van der Waals surface area contributed by atoms with E-state index in [1.165, 1.54) is 7.05 Å². The van der Waals surface area contributed by atoms with Gasteiger partial charge in [-0.2, -0.15) is 0 Å². The van der Waals surface area contributed by atoms with E-state index in [2.05, 4.69) is 4.99 Å². The molecule has 1 aliphatic carbocycles. The lowest BCUT2D eigenvalue weighted by molar-refractivity contribution is -0.213. The molecule has 1 aliphatic rings. The minimum atomic E-state index is -0.138. The molecule has 0 aromatic heterocycles. The average Bonchev–Trinajstić information content (AvgIpc) is 2.16. The van der Waals surface area contributed by atoms with Crippen molar-refractivity contribution in [2.75, 3.05) is 7.05 Å². The highest BCUT2D eigenvalue weighted by atomic mass is 16.3. The fourth-order valence-electron chi connectivity index (χ4n) is 1.86. The number of ketones is 1. The zero-order chi connectivity index (χ0) is 10.6. The molecule has 14 heavy (non-hydrogen) atoms. The van der Waals surface area contributed by atoms with Crippen LogP contribution in [-0.4, -0.2) is 18.7 Å². The Morgan fingerprint density at radius 3 is 2.64 bits per heavy atom. The molecule has 0 N–H and O–H groups in total. The summed E-state index contributed by atoms with van der Waals surface area (Å²) in [5, 5.41) is 11.4. The molecule has 0 heterocycles. The molecule has 0 saturated carbocycles. The van der Waals surface area contributed by atoms with Crippen LogP contribution in [0.1, 0.15) is 39.0 Å². The van der Waals surface area contributed by atoms with Crippen molar-refractivity contribution in [3.8, 4) is 0 Å². The lowest BCUT2D eigenvalue weighted by atomic mass is 9.89. The Kier molecular flexibility index (Phi) is 3.86. The highest BCUT2D eigenvalue weighted by molar-refractivity contribution is 5.92. The van der Waals surface area contributed by atoms with Crippen LogP contribution in [0, 0.1) is 0 Å². The van der Waals surface area contributed by atoms with Crippen molar-refractivity contribution in [3.05, 3.63) is 11.1 Å². The zero-order valence-electron chi connectivity index (χ0n) is 8.80. The van der Waals surface area contributed by atoms with E-state index in [9.17, 15) is 9.90 Å². The van der Waals surface area contributed by atoms with E-state index >= 15 is 0 Å². The third-order valence-electron chi connectivity index (χ3n) is 2.51. The van der Waals surface area contributed by atoms with Gasteiger partial charge in [0.2, 0.25) is 0 Å². The molecule has 3 heteroatoms. The summed E-state index contributed by atoms with van der Waals surface area (Å²) in [4.78, 5) is 14.7. The van der Waals surface area contributed by atoms with E-state index in [1.807, 2.05) is 0 Å². The molecule has 0 bridgehead atoms. The second-order valence-electron chi connectivity index (χ2n) is 3.70. The van der Waals surface area contributed by atoms with E-state index in [1.54, 1.807) is 6.92 Å².